The highest BCUT2D eigenvalue weighted by Gasteiger charge is 2.00. The normalized spacial score (nSPS) is 10.3. The minimum Gasteiger partial charge on any atom is -0.497 e. The van der Waals surface area contributed by atoms with Crippen LogP contribution in [0.4, 0.5) is 5.69 Å². The van der Waals surface area contributed by atoms with Crippen LogP contribution < -0.4 is 15.0 Å². The molecule has 0 fully saturated rings. The number of hydrogen-bond donors (Lipinski definition) is 1. The van der Waals surface area contributed by atoms with Crippen molar-refractivity contribution in [2.45, 2.75) is 19.3 Å². The molecule has 0 saturated carbocycles. The molecule has 0 aromatic heterocycles. The van der Waals surface area contributed by atoms with Gasteiger partial charge in [-0.25, -0.2) is 0 Å². The standard InChI is InChI=1S/C14H24N2O/c1-15-11-5-4-6-12-16(2)13-7-9-14(17-3)10-8-13/h7-10,15H,4-6,11-12H2,1-3H3. The fourth-order valence-corrected chi connectivity index (χ4v) is 1.79. The van der Waals surface area contributed by atoms with Crippen molar-refractivity contribution in [3.63, 3.8) is 0 Å². The zero-order valence-corrected chi connectivity index (χ0v) is 11.2. The minimum absolute atomic E-state index is 0.913. The predicted octanol–water partition coefficient (Wildman–Crippen LogP) is 2.52. The van der Waals surface area contributed by atoms with E-state index in [9.17, 15) is 0 Å². The molecule has 0 spiro atoms. The molecule has 0 saturated heterocycles. The molecule has 0 aliphatic heterocycles. The molecule has 1 N–H and O–H groups in total. The van der Waals surface area contributed by atoms with Gasteiger partial charge in [0.05, 0.1) is 7.11 Å². The third-order valence-electron chi connectivity index (χ3n) is 2.93. The zero-order valence-electron chi connectivity index (χ0n) is 11.2. The van der Waals surface area contributed by atoms with Crippen molar-refractivity contribution in [1.29, 1.82) is 0 Å². The monoisotopic (exact) mass is 236 g/mol. The van der Waals surface area contributed by atoms with Gasteiger partial charge in [0.2, 0.25) is 0 Å². The summed E-state index contributed by atoms with van der Waals surface area (Å²) in [6.45, 7) is 2.22. The van der Waals surface area contributed by atoms with Gasteiger partial charge < -0.3 is 15.0 Å². The van der Waals surface area contributed by atoms with Gasteiger partial charge in [-0.2, -0.15) is 0 Å². The SMILES string of the molecule is CNCCCCCN(C)c1ccc(OC)cc1. The second kappa shape index (κ2) is 7.96. The van der Waals surface area contributed by atoms with Gasteiger partial charge in [-0.15, -0.1) is 0 Å². The first kappa shape index (κ1) is 13.8. The van der Waals surface area contributed by atoms with Crippen LogP contribution in [0.25, 0.3) is 0 Å². The highest BCUT2D eigenvalue weighted by molar-refractivity contribution is 5.48. The second-order valence-electron chi connectivity index (χ2n) is 4.28. The molecule has 3 heteroatoms. The zero-order chi connectivity index (χ0) is 12.5. The van der Waals surface area contributed by atoms with Crippen LogP contribution in [0.5, 0.6) is 5.75 Å². The van der Waals surface area contributed by atoms with Crippen molar-refractivity contribution in [3.8, 4) is 5.75 Å². The van der Waals surface area contributed by atoms with Gasteiger partial charge in [0, 0.05) is 19.3 Å². The maximum Gasteiger partial charge on any atom is 0.119 e. The summed E-state index contributed by atoms with van der Waals surface area (Å²) in [7, 11) is 5.84. The topological polar surface area (TPSA) is 24.5 Å². The van der Waals surface area contributed by atoms with E-state index in [0.717, 1.165) is 18.8 Å². The number of benzene rings is 1. The van der Waals surface area contributed by atoms with Gasteiger partial charge in [0.25, 0.3) is 0 Å². The van der Waals surface area contributed by atoms with Gasteiger partial charge in [-0.05, 0) is 50.7 Å². The number of nitrogens with zero attached hydrogens (tertiary/aromatic N) is 1. The van der Waals surface area contributed by atoms with Crippen molar-refractivity contribution in [2.24, 2.45) is 0 Å². The number of rotatable bonds is 8. The fraction of sp³-hybridized carbons (Fsp3) is 0.571. The van der Waals surface area contributed by atoms with Gasteiger partial charge >= 0.3 is 0 Å². The van der Waals surface area contributed by atoms with E-state index in [4.69, 9.17) is 4.74 Å². The van der Waals surface area contributed by atoms with Crippen LogP contribution in [0.1, 0.15) is 19.3 Å². The molecular formula is C14H24N2O. The third-order valence-corrected chi connectivity index (χ3v) is 2.93. The Balaban J connectivity index is 2.28. The van der Waals surface area contributed by atoms with E-state index in [-0.39, 0.29) is 0 Å². The molecule has 0 bridgehead atoms. The van der Waals surface area contributed by atoms with Gasteiger partial charge in [0.1, 0.15) is 5.75 Å². The molecule has 0 atom stereocenters. The number of anilines is 1. The number of ether oxygens (including phenoxy) is 1. The Labute approximate surface area is 105 Å². The van der Waals surface area contributed by atoms with Crippen molar-refractivity contribution >= 4 is 5.69 Å². The maximum absolute atomic E-state index is 5.15. The van der Waals surface area contributed by atoms with Gasteiger partial charge in [0.15, 0.2) is 0 Å². The molecule has 0 amide bonds. The lowest BCUT2D eigenvalue weighted by Crippen LogP contribution is -2.18. The minimum atomic E-state index is 0.913. The molecular weight excluding hydrogens is 212 g/mol. The van der Waals surface area contributed by atoms with E-state index in [1.54, 1.807) is 7.11 Å². The summed E-state index contributed by atoms with van der Waals surface area (Å²) in [5, 5.41) is 3.17. The molecule has 0 aliphatic rings. The fourth-order valence-electron chi connectivity index (χ4n) is 1.79. The van der Waals surface area contributed by atoms with E-state index in [1.807, 2.05) is 19.2 Å². The van der Waals surface area contributed by atoms with Crippen LogP contribution in [-0.2, 0) is 0 Å². The highest BCUT2D eigenvalue weighted by atomic mass is 16.5. The summed E-state index contributed by atoms with van der Waals surface area (Å²) in [6.07, 6.45) is 3.78. The van der Waals surface area contributed by atoms with Crippen molar-refractivity contribution < 1.29 is 4.74 Å². The Bertz CT molecular complexity index is 298. The average molecular weight is 236 g/mol. The van der Waals surface area contributed by atoms with Crippen molar-refractivity contribution in [1.82, 2.24) is 5.32 Å². The van der Waals surface area contributed by atoms with Crippen LogP contribution in [-0.4, -0.2) is 34.3 Å². The average Bonchev–Trinajstić information content (AvgIpc) is 2.38. The third kappa shape index (κ3) is 5.09. The Morgan fingerprint density at radius 1 is 1.12 bits per heavy atom. The van der Waals surface area contributed by atoms with Crippen LogP contribution in [0, 0.1) is 0 Å². The van der Waals surface area contributed by atoms with Gasteiger partial charge in [-0.3, -0.25) is 0 Å². The van der Waals surface area contributed by atoms with E-state index in [0.29, 0.717) is 0 Å². The largest absolute Gasteiger partial charge is 0.497 e. The van der Waals surface area contributed by atoms with Crippen molar-refractivity contribution in [2.75, 3.05) is 39.2 Å². The molecule has 0 heterocycles. The lowest BCUT2D eigenvalue weighted by atomic mass is 10.2. The van der Waals surface area contributed by atoms with Crippen LogP contribution in [0.3, 0.4) is 0 Å². The summed E-state index contributed by atoms with van der Waals surface area (Å²) in [5.41, 5.74) is 1.25. The quantitative estimate of drug-likeness (QED) is 0.702. The van der Waals surface area contributed by atoms with Gasteiger partial charge in [-0.1, -0.05) is 6.42 Å². The Hall–Kier alpha value is -1.22. The predicted molar refractivity (Wildman–Crippen MR) is 74.0 cm³/mol. The molecule has 1 aromatic rings. The Morgan fingerprint density at radius 3 is 2.41 bits per heavy atom. The first-order chi connectivity index (χ1) is 8.27. The van der Waals surface area contributed by atoms with Crippen LogP contribution >= 0.6 is 0 Å². The molecule has 1 aromatic carbocycles. The summed E-state index contributed by atoms with van der Waals surface area (Å²) in [5.74, 6) is 0.913. The molecule has 96 valence electrons. The summed E-state index contributed by atoms with van der Waals surface area (Å²) >= 11 is 0. The Kier molecular flexibility index (Phi) is 6.48. The Morgan fingerprint density at radius 2 is 1.82 bits per heavy atom. The summed E-state index contributed by atoms with van der Waals surface area (Å²) in [6, 6.07) is 8.22. The number of methoxy groups -OCH3 is 1. The van der Waals surface area contributed by atoms with E-state index < -0.39 is 0 Å². The highest BCUT2D eigenvalue weighted by Crippen LogP contribution is 2.18. The molecule has 0 aliphatic carbocycles. The second-order valence-corrected chi connectivity index (χ2v) is 4.28. The summed E-state index contributed by atoms with van der Waals surface area (Å²) < 4.78 is 5.15. The lowest BCUT2D eigenvalue weighted by Gasteiger charge is -2.19. The van der Waals surface area contributed by atoms with Crippen molar-refractivity contribution in [3.05, 3.63) is 24.3 Å². The van der Waals surface area contributed by atoms with E-state index >= 15 is 0 Å². The smallest absolute Gasteiger partial charge is 0.119 e. The lowest BCUT2D eigenvalue weighted by molar-refractivity contribution is 0.415. The molecule has 0 radical (unpaired) electrons. The first-order valence-corrected chi connectivity index (χ1v) is 6.27. The molecule has 3 nitrogen and oxygen atoms in total. The molecule has 0 unspecified atom stereocenters. The number of unbranched alkanes of at least 4 members (excludes halogenated alkanes) is 2. The number of hydrogen-bond acceptors (Lipinski definition) is 3. The molecule has 1 rings (SSSR count). The number of nitrogens with one attached hydrogen (secondary N) is 1. The van der Waals surface area contributed by atoms with Crippen LogP contribution in [0.2, 0.25) is 0 Å². The maximum atomic E-state index is 5.15. The van der Waals surface area contributed by atoms with E-state index in [1.165, 1.54) is 24.9 Å². The first-order valence-electron chi connectivity index (χ1n) is 6.27. The molecule has 17 heavy (non-hydrogen) atoms. The van der Waals surface area contributed by atoms with Crippen LogP contribution in [0.15, 0.2) is 24.3 Å². The summed E-state index contributed by atoms with van der Waals surface area (Å²) in [4.78, 5) is 2.29. The van der Waals surface area contributed by atoms with E-state index in [2.05, 4.69) is 29.4 Å².